The van der Waals surface area contributed by atoms with Gasteiger partial charge in [-0.25, -0.2) is 0 Å². The molecular weight excluding hydrogens is 178 g/mol. The molecule has 0 aromatic rings. The van der Waals surface area contributed by atoms with Crippen LogP contribution in [0.1, 0.15) is 39.0 Å². The Bertz CT molecular complexity index is 186. The third-order valence-corrected chi connectivity index (χ3v) is 3.53. The summed E-state index contributed by atoms with van der Waals surface area (Å²) in [6.45, 7) is 2.97. The van der Waals surface area contributed by atoms with Crippen LogP contribution in [0.5, 0.6) is 0 Å². The predicted octanol–water partition coefficient (Wildman–Crippen LogP) is 1.06. The number of nitrogens with one attached hydrogen (secondary N) is 1. The van der Waals surface area contributed by atoms with Crippen LogP contribution in [-0.4, -0.2) is 36.0 Å². The number of aliphatic hydroxyl groups excluding tert-OH is 1. The zero-order valence-electron chi connectivity index (χ0n) is 8.91. The number of rotatable bonds is 2. The molecule has 0 aromatic carbocycles. The molecule has 82 valence electrons. The van der Waals surface area contributed by atoms with E-state index in [1.54, 1.807) is 0 Å². The van der Waals surface area contributed by atoms with E-state index in [4.69, 9.17) is 4.74 Å². The van der Waals surface area contributed by atoms with Gasteiger partial charge in [-0.15, -0.1) is 0 Å². The van der Waals surface area contributed by atoms with E-state index in [-0.39, 0.29) is 6.10 Å². The maximum Gasteiger partial charge on any atom is 0.0700 e. The Morgan fingerprint density at radius 2 is 1.93 bits per heavy atom. The summed E-state index contributed by atoms with van der Waals surface area (Å²) in [4.78, 5) is 0. The Kier molecular flexibility index (Phi) is 3.42. The van der Waals surface area contributed by atoms with Crippen molar-refractivity contribution in [3.8, 4) is 0 Å². The van der Waals surface area contributed by atoms with Gasteiger partial charge in [-0.2, -0.15) is 0 Å². The summed E-state index contributed by atoms with van der Waals surface area (Å²) in [5.74, 6) is 0. The smallest absolute Gasteiger partial charge is 0.0700 e. The fourth-order valence-corrected chi connectivity index (χ4v) is 2.53. The highest BCUT2D eigenvalue weighted by atomic mass is 16.5. The second-order valence-corrected chi connectivity index (χ2v) is 4.60. The molecule has 0 spiro atoms. The predicted molar refractivity (Wildman–Crippen MR) is 55.2 cm³/mol. The van der Waals surface area contributed by atoms with Crippen molar-refractivity contribution in [2.75, 3.05) is 6.61 Å². The first-order chi connectivity index (χ1) is 6.77. The van der Waals surface area contributed by atoms with Crippen LogP contribution < -0.4 is 5.32 Å². The fourth-order valence-electron chi connectivity index (χ4n) is 2.53. The molecule has 0 unspecified atom stereocenters. The normalized spacial score (nSPS) is 44.1. The van der Waals surface area contributed by atoms with Gasteiger partial charge in [0, 0.05) is 18.7 Å². The molecule has 4 atom stereocenters. The van der Waals surface area contributed by atoms with Crippen LogP contribution in [0.3, 0.4) is 0 Å². The molecule has 2 aliphatic rings. The first-order valence-electron chi connectivity index (χ1n) is 5.83. The van der Waals surface area contributed by atoms with Crippen LogP contribution >= 0.6 is 0 Å². The average Bonchev–Trinajstić information content (AvgIpc) is 2.56. The Morgan fingerprint density at radius 1 is 1.14 bits per heavy atom. The Morgan fingerprint density at radius 3 is 2.57 bits per heavy atom. The molecule has 3 heteroatoms. The van der Waals surface area contributed by atoms with Crippen molar-refractivity contribution >= 4 is 0 Å². The van der Waals surface area contributed by atoms with E-state index < -0.39 is 0 Å². The minimum atomic E-state index is -0.142. The summed E-state index contributed by atoms with van der Waals surface area (Å²) < 4.78 is 5.50. The van der Waals surface area contributed by atoms with E-state index in [1.807, 2.05) is 0 Å². The first-order valence-corrected chi connectivity index (χ1v) is 5.83. The highest BCUT2D eigenvalue weighted by molar-refractivity contribution is 4.87. The zero-order chi connectivity index (χ0) is 9.97. The summed E-state index contributed by atoms with van der Waals surface area (Å²) >= 11 is 0. The van der Waals surface area contributed by atoms with Crippen LogP contribution in [0.15, 0.2) is 0 Å². The van der Waals surface area contributed by atoms with Gasteiger partial charge in [-0.05, 0) is 26.2 Å². The zero-order valence-corrected chi connectivity index (χ0v) is 8.91. The minimum absolute atomic E-state index is 0.142. The first kappa shape index (κ1) is 10.4. The molecule has 14 heavy (non-hydrogen) atoms. The van der Waals surface area contributed by atoms with E-state index in [2.05, 4.69) is 12.2 Å². The third-order valence-electron chi connectivity index (χ3n) is 3.53. The molecule has 1 aliphatic heterocycles. The maximum absolute atomic E-state index is 9.81. The monoisotopic (exact) mass is 199 g/mol. The second kappa shape index (κ2) is 4.60. The van der Waals surface area contributed by atoms with E-state index in [1.165, 1.54) is 12.8 Å². The fraction of sp³-hybridized carbons (Fsp3) is 1.00. The Labute approximate surface area is 85.8 Å². The highest BCUT2D eigenvalue weighted by Crippen LogP contribution is 2.21. The Balaban J connectivity index is 1.83. The Hall–Kier alpha value is -0.120. The van der Waals surface area contributed by atoms with Gasteiger partial charge >= 0.3 is 0 Å². The SMILES string of the molecule is C[C@@H]1OCC[C@@H]1N[C@@H]1CCCC[C@H]1O. The van der Waals surface area contributed by atoms with Gasteiger partial charge in [-0.1, -0.05) is 12.8 Å². The molecule has 0 radical (unpaired) electrons. The summed E-state index contributed by atoms with van der Waals surface area (Å²) in [5, 5.41) is 13.4. The van der Waals surface area contributed by atoms with Crippen molar-refractivity contribution in [1.29, 1.82) is 0 Å². The molecular formula is C11H21NO2. The van der Waals surface area contributed by atoms with Crippen molar-refractivity contribution in [3.05, 3.63) is 0 Å². The molecule has 2 fully saturated rings. The van der Waals surface area contributed by atoms with E-state index in [9.17, 15) is 5.11 Å². The average molecular weight is 199 g/mol. The van der Waals surface area contributed by atoms with Crippen LogP contribution in [0.4, 0.5) is 0 Å². The molecule has 1 saturated heterocycles. The van der Waals surface area contributed by atoms with Crippen molar-refractivity contribution in [3.63, 3.8) is 0 Å². The topological polar surface area (TPSA) is 41.5 Å². The molecule has 2 N–H and O–H groups in total. The van der Waals surface area contributed by atoms with Crippen molar-refractivity contribution in [2.45, 2.75) is 63.3 Å². The lowest BCUT2D eigenvalue weighted by atomic mass is 9.91. The van der Waals surface area contributed by atoms with Crippen molar-refractivity contribution < 1.29 is 9.84 Å². The number of hydrogen-bond acceptors (Lipinski definition) is 3. The number of ether oxygens (including phenoxy) is 1. The van der Waals surface area contributed by atoms with Gasteiger partial charge in [-0.3, -0.25) is 0 Å². The lowest BCUT2D eigenvalue weighted by Crippen LogP contribution is -2.49. The molecule has 0 bridgehead atoms. The molecule has 2 rings (SSSR count). The summed E-state index contributed by atoms with van der Waals surface area (Å²) in [7, 11) is 0. The lowest BCUT2D eigenvalue weighted by molar-refractivity contribution is 0.0694. The van der Waals surface area contributed by atoms with Gasteiger partial charge in [0.05, 0.1) is 12.2 Å². The quantitative estimate of drug-likeness (QED) is 0.698. The van der Waals surface area contributed by atoms with Crippen LogP contribution in [0.2, 0.25) is 0 Å². The largest absolute Gasteiger partial charge is 0.392 e. The molecule has 0 amide bonds. The molecule has 1 saturated carbocycles. The van der Waals surface area contributed by atoms with Crippen LogP contribution in [0.25, 0.3) is 0 Å². The molecule has 1 aliphatic carbocycles. The lowest BCUT2D eigenvalue weighted by Gasteiger charge is -2.31. The van der Waals surface area contributed by atoms with E-state index in [0.717, 1.165) is 25.9 Å². The maximum atomic E-state index is 9.81. The summed E-state index contributed by atoms with van der Waals surface area (Å²) in [6, 6.07) is 0.755. The molecule has 1 heterocycles. The summed E-state index contributed by atoms with van der Waals surface area (Å²) in [6.07, 6.45) is 5.75. The van der Waals surface area contributed by atoms with Gasteiger partial charge in [0.25, 0.3) is 0 Å². The van der Waals surface area contributed by atoms with Crippen LogP contribution in [0, 0.1) is 0 Å². The highest BCUT2D eigenvalue weighted by Gasteiger charge is 2.30. The summed E-state index contributed by atoms with van der Waals surface area (Å²) in [5.41, 5.74) is 0. The van der Waals surface area contributed by atoms with E-state index >= 15 is 0 Å². The van der Waals surface area contributed by atoms with Gasteiger partial charge in [0.1, 0.15) is 0 Å². The van der Waals surface area contributed by atoms with E-state index in [0.29, 0.717) is 18.2 Å². The van der Waals surface area contributed by atoms with Gasteiger partial charge < -0.3 is 15.2 Å². The number of aliphatic hydroxyl groups is 1. The third kappa shape index (κ3) is 2.27. The van der Waals surface area contributed by atoms with Crippen LogP contribution in [-0.2, 0) is 4.74 Å². The van der Waals surface area contributed by atoms with Gasteiger partial charge in [0.2, 0.25) is 0 Å². The minimum Gasteiger partial charge on any atom is -0.392 e. The molecule has 3 nitrogen and oxygen atoms in total. The van der Waals surface area contributed by atoms with Gasteiger partial charge in [0.15, 0.2) is 0 Å². The standard InChI is InChI=1S/C11H21NO2/c1-8-9(6-7-14-8)12-10-4-2-3-5-11(10)13/h8-13H,2-7H2,1H3/t8-,9-,10+,11+/m0/s1. The van der Waals surface area contributed by atoms with Crippen molar-refractivity contribution in [1.82, 2.24) is 5.32 Å². The number of hydrogen-bond donors (Lipinski definition) is 2. The molecule has 0 aromatic heterocycles. The second-order valence-electron chi connectivity index (χ2n) is 4.60. The van der Waals surface area contributed by atoms with Crippen molar-refractivity contribution in [2.24, 2.45) is 0 Å².